The average molecular weight is 255 g/mol. The van der Waals surface area contributed by atoms with Gasteiger partial charge in [0.1, 0.15) is 5.69 Å². The fraction of sp³-hybridized carbons (Fsp3) is 0.200. The number of carbonyl (C=O) groups excluding carboxylic acids is 1. The van der Waals surface area contributed by atoms with Crippen LogP contribution < -0.4 is 11.1 Å². The molecule has 19 heavy (non-hydrogen) atoms. The van der Waals surface area contributed by atoms with Crippen LogP contribution >= 0.6 is 0 Å². The van der Waals surface area contributed by atoms with E-state index in [0.29, 0.717) is 12.2 Å². The van der Waals surface area contributed by atoms with Crippen molar-refractivity contribution in [2.45, 2.75) is 13.3 Å². The highest BCUT2D eigenvalue weighted by Gasteiger charge is 2.05. The minimum Gasteiger partial charge on any atom is -0.399 e. The number of carbonyl (C=O) groups is 1. The first-order valence-electron chi connectivity index (χ1n) is 6.21. The van der Waals surface area contributed by atoms with E-state index in [0.717, 1.165) is 23.4 Å². The van der Waals surface area contributed by atoms with Gasteiger partial charge in [0.25, 0.3) is 5.91 Å². The SMILES string of the molecule is Cc1cccc(C(=O)NCCc2ccc(N)cc2)n1. The predicted molar refractivity (Wildman–Crippen MR) is 75.9 cm³/mol. The number of nitrogens with zero attached hydrogens (tertiary/aromatic N) is 1. The molecule has 1 heterocycles. The zero-order valence-corrected chi connectivity index (χ0v) is 10.9. The smallest absolute Gasteiger partial charge is 0.269 e. The summed E-state index contributed by atoms with van der Waals surface area (Å²) in [6, 6.07) is 13.1. The van der Waals surface area contributed by atoms with Crippen LogP contribution in [0, 0.1) is 6.92 Å². The molecule has 0 saturated carbocycles. The maximum absolute atomic E-state index is 11.8. The lowest BCUT2D eigenvalue weighted by Gasteiger charge is -2.05. The molecule has 0 spiro atoms. The summed E-state index contributed by atoms with van der Waals surface area (Å²) in [6.45, 7) is 2.45. The normalized spacial score (nSPS) is 10.2. The molecule has 1 aromatic carbocycles. The highest BCUT2D eigenvalue weighted by Crippen LogP contribution is 2.05. The monoisotopic (exact) mass is 255 g/mol. The number of nitrogen functional groups attached to an aromatic ring is 1. The fourth-order valence-corrected chi connectivity index (χ4v) is 1.76. The molecule has 0 fully saturated rings. The molecule has 1 amide bonds. The van der Waals surface area contributed by atoms with Crippen LogP contribution in [0.2, 0.25) is 0 Å². The summed E-state index contributed by atoms with van der Waals surface area (Å²) in [7, 11) is 0. The quantitative estimate of drug-likeness (QED) is 0.820. The van der Waals surface area contributed by atoms with E-state index in [1.165, 1.54) is 0 Å². The van der Waals surface area contributed by atoms with Crippen molar-refractivity contribution in [2.24, 2.45) is 0 Å². The van der Waals surface area contributed by atoms with E-state index < -0.39 is 0 Å². The van der Waals surface area contributed by atoms with Crippen molar-refractivity contribution < 1.29 is 4.79 Å². The molecule has 3 N–H and O–H groups in total. The van der Waals surface area contributed by atoms with E-state index in [4.69, 9.17) is 5.73 Å². The Morgan fingerprint density at radius 1 is 1.21 bits per heavy atom. The lowest BCUT2D eigenvalue weighted by molar-refractivity contribution is 0.0949. The second kappa shape index (κ2) is 6.00. The average Bonchev–Trinajstić information content (AvgIpc) is 2.41. The molecule has 4 nitrogen and oxygen atoms in total. The molecule has 0 radical (unpaired) electrons. The van der Waals surface area contributed by atoms with Crippen LogP contribution in [0.1, 0.15) is 21.7 Å². The largest absolute Gasteiger partial charge is 0.399 e. The van der Waals surface area contributed by atoms with E-state index in [-0.39, 0.29) is 5.91 Å². The third-order valence-corrected chi connectivity index (χ3v) is 2.80. The maximum Gasteiger partial charge on any atom is 0.269 e. The van der Waals surface area contributed by atoms with Crippen LogP contribution in [0.15, 0.2) is 42.5 Å². The number of hydrogen-bond acceptors (Lipinski definition) is 3. The van der Waals surface area contributed by atoms with Crippen molar-refractivity contribution >= 4 is 11.6 Å². The van der Waals surface area contributed by atoms with Crippen molar-refractivity contribution in [3.63, 3.8) is 0 Å². The van der Waals surface area contributed by atoms with Gasteiger partial charge in [-0.1, -0.05) is 18.2 Å². The standard InChI is InChI=1S/C15H17N3O/c1-11-3-2-4-14(18-11)15(19)17-10-9-12-5-7-13(16)8-6-12/h2-8H,9-10,16H2,1H3,(H,17,19). The molecule has 0 unspecified atom stereocenters. The second-order valence-electron chi connectivity index (χ2n) is 4.41. The molecule has 2 rings (SSSR count). The van der Waals surface area contributed by atoms with Crippen LogP contribution in [0.5, 0.6) is 0 Å². The summed E-state index contributed by atoms with van der Waals surface area (Å²) in [5.74, 6) is -0.140. The first kappa shape index (κ1) is 13.1. The number of pyridine rings is 1. The highest BCUT2D eigenvalue weighted by molar-refractivity contribution is 5.92. The van der Waals surface area contributed by atoms with Crippen LogP contribution in [-0.4, -0.2) is 17.4 Å². The Balaban J connectivity index is 1.86. The van der Waals surface area contributed by atoms with Crippen molar-refractivity contribution in [3.05, 3.63) is 59.4 Å². The summed E-state index contributed by atoms with van der Waals surface area (Å²) in [5, 5.41) is 2.86. The summed E-state index contributed by atoms with van der Waals surface area (Å²) in [5.41, 5.74) is 8.80. The van der Waals surface area contributed by atoms with Gasteiger partial charge in [0.2, 0.25) is 0 Å². The second-order valence-corrected chi connectivity index (χ2v) is 4.41. The highest BCUT2D eigenvalue weighted by atomic mass is 16.1. The fourth-order valence-electron chi connectivity index (χ4n) is 1.76. The van der Waals surface area contributed by atoms with E-state index in [2.05, 4.69) is 10.3 Å². The van der Waals surface area contributed by atoms with Crippen molar-refractivity contribution in [3.8, 4) is 0 Å². The van der Waals surface area contributed by atoms with Crippen LogP contribution in [0.3, 0.4) is 0 Å². The Hall–Kier alpha value is -2.36. The number of amides is 1. The van der Waals surface area contributed by atoms with Crippen LogP contribution in [0.4, 0.5) is 5.69 Å². The minimum absolute atomic E-state index is 0.140. The summed E-state index contributed by atoms with van der Waals surface area (Å²) in [6.07, 6.45) is 0.776. The van der Waals surface area contributed by atoms with Crippen molar-refractivity contribution in [1.29, 1.82) is 0 Å². The predicted octanol–water partition coefficient (Wildman–Crippen LogP) is 1.94. The summed E-state index contributed by atoms with van der Waals surface area (Å²) < 4.78 is 0. The molecule has 0 atom stereocenters. The maximum atomic E-state index is 11.8. The number of benzene rings is 1. The lowest BCUT2D eigenvalue weighted by atomic mass is 10.1. The molecule has 4 heteroatoms. The molecule has 0 bridgehead atoms. The van der Waals surface area contributed by atoms with Crippen molar-refractivity contribution in [1.82, 2.24) is 10.3 Å². The van der Waals surface area contributed by atoms with E-state index in [1.54, 1.807) is 6.07 Å². The number of hydrogen-bond donors (Lipinski definition) is 2. The van der Waals surface area contributed by atoms with E-state index >= 15 is 0 Å². The Morgan fingerprint density at radius 3 is 2.63 bits per heavy atom. The van der Waals surface area contributed by atoms with Gasteiger partial charge in [0.15, 0.2) is 0 Å². The number of aromatic nitrogens is 1. The van der Waals surface area contributed by atoms with Gasteiger partial charge in [-0.2, -0.15) is 0 Å². The van der Waals surface area contributed by atoms with Gasteiger partial charge < -0.3 is 11.1 Å². The van der Waals surface area contributed by atoms with Gasteiger partial charge in [-0.25, -0.2) is 4.98 Å². The Morgan fingerprint density at radius 2 is 1.95 bits per heavy atom. The van der Waals surface area contributed by atoms with Gasteiger partial charge in [-0.05, 0) is 43.2 Å². The summed E-state index contributed by atoms with van der Waals surface area (Å²) in [4.78, 5) is 16.0. The van der Waals surface area contributed by atoms with Gasteiger partial charge in [-0.15, -0.1) is 0 Å². The molecule has 2 aromatic rings. The number of nitrogens with two attached hydrogens (primary N) is 1. The number of anilines is 1. The van der Waals surface area contributed by atoms with Crippen LogP contribution in [0.25, 0.3) is 0 Å². The number of aryl methyl sites for hydroxylation is 1. The first-order chi connectivity index (χ1) is 9.15. The molecule has 0 aliphatic carbocycles. The minimum atomic E-state index is -0.140. The Bertz CT molecular complexity index is 564. The van der Waals surface area contributed by atoms with E-state index in [1.807, 2.05) is 43.3 Å². The van der Waals surface area contributed by atoms with Gasteiger partial charge >= 0.3 is 0 Å². The van der Waals surface area contributed by atoms with Gasteiger partial charge in [0, 0.05) is 17.9 Å². The third kappa shape index (κ3) is 3.81. The molecular weight excluding hydrogens is 238 g/mol. The first-order valence-corrected chi connectivity index (χ1v) is 6.21. The summed E-state index contributed by atoms with van der Waals surface area (Å²) >= 11 is 0. The molecule has 0 saturated heterocycles. The Kier molecular flexibility index (Phi) is 4.13. The van der Waals surface area contributed by atoms with E-state index in [9.17, 15) is 4.79 Å². The Labute approximate surface area is 112 Å². The van der Waals surface area contributed by atoms with Gasteiger partial charge in [-0.3, -0.25) is 4.79 Å². The third-order valence-electron chi connectivity index (χ3n) is 2.80. The lowest BCUT2D eigenvalue weighted by Crippen LogP contribution is -2.26. The van der Waals surface area contributed by atoms with Gasteiger partial charge in [0.05, 0.1) is 0 Å². The van der Waals surface area contributed by atoms with Crippen molar-refractivity contribution in [2.75, 3.05) is 12.3 Å². The van der Waals surface area contributed by atoms with Crippen LogP contribution in [-0.2, 0) is 6.42 Å². The molecule has 1 aromatic heterocycles. The molecular formula is C15H17N3O. The zero-order valence-electron chi connectivity index (χ0n) is 10.9. The number of rotatable bonds is 4. The molecule has 0 aliphatic heterocycles. The molecule has 98 valence electrons. The number of nitrogens with one attached hydrogen (secondary N) is 1. The molecule has 0 aliphatic rings. The zero-order chi connectivity index (χ0) is 13.7. The topological polar surface area (TPSA) is 68.0 Å².